The number of nitrogens with one attached hydrogen (secondary N) is 1. The Bertz CT molecular complexity index is 40.5. The molecule has 7 heteroatoms. The summed E-state index contributed by atoms with van der Waals surface area (Å²) in [5, 5.41) is 3.11. The molecule has 0 bridgehead atoms. The molecule has 0 aliphatic carbocycles. The van der Waals surface area contributed by atoms with Crippen molar-refractivity contribution in [1.82, 2.24) is 5.32 Å². The molecule has 0 aromatic heterocycles. The Morgan fingerprint density at radius 1 is 1.18 bits per heavy atom. The molecule has 0 rings (SSSR count). The Labute approximate surface area is 82.2 Å². The summed E-state index contributed by atoms with van der Waals surface area (Å²) in [5.41, 5.74) is 9.31. The van der Waals surface area contributed by atoms with E-state index < -0.39 is 0 Å². The average molecular weight is 240 g/mol. The van der Waals surface area contributed by atoms with Crippen LogP contribution in [0.5, 0.6) is 0 Å². The van der Waals surface area contributed by atoms with Gasteiger partial charge in [-0.05, 0) is 13.1 Å². The minimum Gasteiger partial charge on any atom is -0.317 e. The van der Waals surface area contributed by atoms with E-state index in [4.69, 9.17) is 22.5 Å². The quantitative estimate of drug-likeness (QED) is 0.647. The van der Waals surface area contributed by atoms with Gasteiger partial charge in [0.05, 0.1) is 7.29 Å². The van der Waals surface area contributed by atoms with E-state index in [-0.39, 0.29) is 16.2 Å². The number of rotatable bonds is 2. The van der Waals surface area contributed by atoms with Crippen LogP contribution in [0.4, 0.5) is 0 Å². The van der Waals surface area contributed by atoms with Crippen LogP contribution in [-0.4, -0.2) is 13.1 Å². The molecule has 0 amide bonds. The minimum absolute atomic E-state index is 0.0278. The molecule has 0 heterocycles. The van der Waals surface area contributed by atoms with E-state index in [1.165, 1.54) is 0 Å². The first kappa shape index (κ1) is 18.2. The summed E-state index contributed by atoms with van der Waals surface area (Å²) in [6, 6.07) is 0. The smallest absolute Gasteiger partial charge is 0.0713 e. The molecule has 0 radical (unpaired) electrons. The summed E-state index contributed by atoms with van der Waals surface area (Å²) < 4.78 is 0. The van der Waals surface area contributed by atoms with E-state index in [9.17, 15) is 0 Å². The standard InChI is InChI=1S/C4H11N.Cl2HP.H5N2P/c1-3-5-4-2;2*1-3-2/h5H,3-4H2,1-2H3;3H;3H,1-2H2. The molecule has 0 fully saturated rings. The van der Waals surface area contributed by atoms with Gasteiger partial charge in [-0.2, -0.15) is 0 Å². The molecule has 0 aliphatic rings. The fraction of sp³-hybridized carbons (Fsp3) is 1.00. The van der Waals surface area contributed by atoms with Crippen molar-refractivity contribution >= 4 is 38.6 Å². The summed E-state index contributed by atoms with van der Waals surface area (Å²) in [7, 11) is 0.111. The minimum atomic E-state index is 0.0278. The van der Waals surface area contributed by atoms with Crippen molar-refractivity contribution in [3.05, 3.63) is 0 Å². The van der Waals surface area contributed by atoms with Gasteiger partial charge in [0, 0.05) is 8.88 Å². The van der Waals surface area contributed by atoms with Crippen LogP contribution in [0, 0.1) is 0 Å². The Balaban J connectivity index is -0.0000000933. The Kier molecular flexibility index (Phi) is 49.9. The zero-order valence-electron chi connectivity index (χ0n) is 6.82. The molecule has 0 saturated carbocycles. The van der Waals surface area contributed by atoms with Gasteiger partial charge in [-0.25, -0.2) is 0 Å². The fourth-order valence-electron chi connectivity index (χ4n) is 0.250. The lowest BCUT2D eigenvalue weighted by molar-refractivity contribution is 0.762. The Morgan fingerprint density at radius 3 is 1.36 bits per heavy atom. The molecule has 0 aliphatic heterocycles. The highest BCUT2D eigenvalue weighted by Gasteiger charge is 1.62. The van der Waals surface area contributed by atoms with E-state index in [0.29, 0.717) is 0 Å². The van der Waals surface area contributed by atoms with Crippen LogP contribution in [0.3, 0.4) is 0 Å². The van der Waals surface area contributed by atoms with Crippen LogP contribution in [0.15, 0.2) is 0 Å². The van der Waals surface area contributed by atoms with Crippen molar-refractivity contribution in [2.24, 2.45) is 11.0 Å². The van der Waals surface area contributed by atoms with E-state index in [1.807, 2.05) is 0 Å². The molecule has 3 nitrogen and oxygen atoms in total. The predicted octanol–water partition coefficient (Wildman–Crippen LogP) is 2.00. The van der Waals surface area contributed by atoms with Gasteiger partial charge in [0.1, 0.15) is 0 Å². The van der Waals surface area contributed by atoms with Crippen LogP contribution < -0.4 is 16.3 Å². The van der Waals surface area contributed by atoms with Gasteiger partial charge in [0.2, 0.25) is 0 Å². The van der Waals surface area contributed by atoms with Crippen molar-refractivity contribution in [3.63, 3.8) is 0 Å². The Morgan fingerprint density at radius 2 is 1.36 bits per heavy atom. The molecule has 72 valence electrons. The van der Waals surface area contributed by atoms with Gasteiger partial charge in [-0.3, -0.25) is 0 Å². The zero-order valence-corrected chi connectivity index (χ0v) is 10.3. The van der Waals surface area contributed by atoms with Crippen molar-refractivity contribution in [2.45, 2.75) is 13.8 Å². The summed E-state index contributed by atoms with van der Waals surface area (Å²) in [6.07, 6.45) is 0. The summed E-state index contributed by atoms with van der Waals surface area (Å²) in [5.74, 6) is 0. The molecule has 11 heavy (non-hydrogen) atoms. The van der Waals surface area contributed by atoms with Crippen LogP contribution in [0.1, 0.15) is 13.8 Å². The number of hydrogen-bond acceptors (Lipinski definition) is 3. The van der Waals surface area contributed by atoms with Crippen LogP contribution in [0.2, 0.25) is 0 Å². The van der Waals surface area contributed by atoms with E-state index in [0.717, 1.165) is 13.1 Å². The predicted molar refractivity (Wildman–Crippen MR) is 60.9 cm³/mol. The molecule has 5 N–H and O–H groups in total. The van der Waals surface area contributed by atoms with Crippen molar-refractivity contribution in [2.75, 3.05) is 13.1 Å². The zero-order chi connectivity index (χ0) is 9.54. The lowest BCUT2D eigenvalue weighted by Gasteiger charge is -1.86. The maximum absolute atomic E-state index is 4.79. The normalized spacial score (nSPS) is 7.09. The first-order chi connectivity index (χ1) is 5.24. The molecule has 0 spiro atoms. The number of halogens is 2. The number of hydrogen-bond donors (Lipinski definition) is 3. The maximum Gasteiger partial charge on any atom is 0.0713 e. The van der Waals surface area contributed by atoms with Gasteiger partial charge in [-0.1, -0.05) is 36.3 Å². The Hall–Kier alpha value is 1.32. The lowest BCUT2D eigenvalue weighted by atomic mass is 10.7. The molecule has 0 atom stereocenters. The first-order valence-electron chi connectivity index (χ1n) is 3.08. The largest absolute Gasteiger partial charge is 0.317 e. The second-order valence-electron chi connectivity index (χ2n) is 1.20. The highest BCUT2D eigenvalue weighted by Crippen LogP contribution is 2.19. The first-order valence-corrected chi connectivity index (χ1v) is 7.26. The molecule has 0 aromatic carbocycles. The van der Waals surface area contributed by atoms with Crippen LogP contribution in [0.25, 0.3) is 0 Å². The second-order valence-corrected chi connectivity index (χ2v) is 3.39. The van der Waals surface area contributed by atoms with Gasteiger partial charge >= 0.3 is 0 Å². The van der Waals surface area contributed by atoms with Crippen LogP contribution >= 0.6 is 38.6 Å². The monoisotopic (exact) mass is 239 g/mol. The molecule has 0 unspecified atom stereocenters. The SMILES string of the molecule is CCNCC.ClPCl.NPN. The average Bonchev–Trinajstić information content (AvgIpc) is 1.92. The maximum atomic E-state index is 4.79. The van der Waals surface area contributed by atoms with Crippen LogP contribution in [-0.2, 0) is 0 Å². The molecular formula is C4H17Cl2N3P2. The van der Waals surface area contributed by atoms with Crippen molar-refractivity contribution in [1.29, 1.82) is 0 Å². The third kappa shape index (κ3) is 89.2. The van der Waals surface area contributed by atoms with Crippen molar-refractivity contribution in [3.8, 4) is 0 Å². The fourth-order valence-corrected chi connectivity index (χ4v) is 0.250. The summed E-state index contributed by atoms with van der Waals surface area (Å²) in [6.45, 7) is 6.39. The van der Waals surface area contributed by atoms with Gasteiger partial charge < -0.3 is 16.3 Å². The van der Waals surface area contributed by atoms with Gasteiger partial charge in [-0.15, -0.1) is 0 Å². The van der Waals surface area contributed by atoms with Gasteiger partial charge in [0.25, 0.3) is 0 Å². The lowest BCUT2D eigenvalue weighted by Crippen LogP contribution is -2.09. The van der Waals surface area contributed by atoms with E-state index in [2.05, 4.69) is 30.2 Å². The highest BCUT2D eigenvalue weighted by atomic mass is 35.9. The second kappa shape index (κ2) is 30.2. The number of nitrogens with two attached hydrogens (primary N) is 2. The van der Waals surface area contributed by atoms with E-state index in [1.54, 1.807) is 0 Å². The third-order valence-corrected chi connectivity index (χ3v) is 0.500. The topological polar surface area (TPSA) is 64.1 Å². The molecular weight excluding hydrogens is 223 g/mol. The highest BCUT2D eigenvalue weighted by molar-refractivity contribution is 7.90. The third-order valence-electron chi connectivity index (χ3n) is 0.500. The molecule has 0 saturated heterocycles. The van der Waals surface area contributed by atoms with Crippen molar-refractivity contribution < 1.29 is 0 Å². The molecule has 0 aromatic rings. The summed E-state index contributed by atoms with van der Waals surface area (Å²) in [4.78, 5) is 0. The summed E-state index contributed by atoms with van der Waals surface area (Å²) >= 11 is 9.58. The van der Waals surface area contributed by atoms with Gasteiger partial charge in [0.15, 0.2) is 0 Å². The van der Waals surface area contributed by atoms with E-state index >= 15 is 0 Å².